The smallest absolute Gasteiger partial charge is 0.357 e. The van der Waals surface area contributed by atoms with Crippen LogP contribution in [0.5, 0.6) is 0 Å². The molecule has 0 amide bonds. The summed E-state index contributed by atoms with van der Waals surface area (Å²) in [5, 5.41) is 0.711. The van der Waals surface area contributed by atoms with Crippen molar-refractivity contribution in [2.45, 2.75) is 33.1 Å². The second-order valence-electron chi connectivity index (χ2n) is 7.42. The third kappa shape index (κ3) is 3.60. The molecule has 1 fully saturated rings. The van der Waals surface area contributed by atoms with Crippen LogP contribution in [-0.4, -0.2) is 30.2 Å². The van der Waals surface area contributed by atoms with E-state index in [1.54, 1.807) is 13.0 Å². The van der Waals surface area contributed by atoms with E-state index in [1.165, 1.54) is 6.07 Å². The van der Waals surface area contributed by atoms with Crippen LogP contribution in [0.4, 0.5) is 10.1 Å². The van der Waals surface area contributed by atoms with Crippen molar-refractivity contribution in [1.29, 1.82) is 0 Å². The molecule has 2 heterocycles. The first-order chi connectivity index (χ1) is 14.0. The molecule has 1 aliphatic rings. The number of halogens is 2. The number of aromatic nitrogens is 1. The summed E-state index contributed by atoms with van der Waals surface area (Å²) in [5.74, 6) is -0.906. The number of benzene rings is 2. The standard InChI is InChI=1S/C23H24ClFN2O2/c1-3-29-23(28)22-21(26-10-5-4-6-11-26)17-13-19(25)18(24)14-20(17)27(22)16-9-7-8-15(2)12-16/h7-9,12-14H,3-6,10-11H2,1-2H3. The first-order valence-corrected chi connectivity index (χ1v) is 10.4. The van der Waals surface area contributed by atoms with Crippen LogP contribution >= 0.6 is 11.6 Å². The first-order valence-electron chi connectivity index (χ1n) is 10.0. The Hall–Kier alpha value is -2.53. The normalized spacial score (nSPS) is 14.4. The zero-order chi connectivity index (χ0) is 20.5. The molecule has 0 radical (unpaired) electrons. The van der Waals surface area contributed by atoms with Gasteiger partial charge in [-0.1, -0.05) is 23.7 Å². The van der Waals surface area contributed by atoms with E-state index < -0.39 is 11.8 Å². The summed E-state index contributed by atoms with van der Waals surface area (Å²) in [7, 11) is 0. The molecule has 1 aromatic heterocycles. The quantitative estimate of drug-likeness (QED) is 0.498. The average Bonchev–Trinajstić information content (AvgIpc) is 3.03. The predicted octanol–water partition coefficient (Wildman–Crippen LogP) is 5.90. The van der Waals surface area contributed by atoms with Gasteiger partial charge in [0.05, 0.1) is 22.8 Å². The van der Waals surface area contributed by atoms with Crippen LogP contribution in [0.25, 0.3) is 16.6 Å². The van der Waals surface area contributed by atoms with Gasteiger partial charge in [-0.3, -0.25) is 0 Å². The van der Waals surface area contributed by atoms with Crippen LogP contribution in [0, 0.1) is 12.7 Å². The summed E-state index contributed by atoms with van der Waals surface area (Å²) >= 11 is 6.15. The Bertz CT molecular complexity index is 1070. The minimum absolute atomic E-state index is 0.0320. The van der Waals surface area contributed by atoms with Crippen molar-refractivity contribution in [3.63, 3.8) is 0 Å². The van der Waals surface area contributed by atoms with Crippen molar-refractivity contribution < 1.29 is 13.9 Å². The topological polar surface area (TPSA) is 34.5 Å². The first kappa shape index (κ1) is 19.8. The molecular formula is C23H24ClFN2O2. The SMILES string of the molecule is CCOC(=O)c1c(N2CCCCC2)c2cc(F)c(Cl)cc2n1-c1cccc(C)c1. The number of carbonyl (C=O) groups excluding carboxylic acids is 1. The number of hydrogen-bond acceptors (Lipinski definition) is 3. The molecule has 0 unspecified atom stereocenters. The van der Waals surface area contributed by atoms with E-state index >= 15 is 0 Å². The monoisotopic (exact) mass is 414 g/mol. The van der Waals surface area contributed by atoms with Gasteiger partial charge >= 0.3 is 5.97 Å². The van der Waals surface area contributed by atoms with E-state index in [2.05, 4.69) is 4.90 Å². The average molecular weight is 415 g/mol. The summed E-state index contributed by atoms with van der Waals surface area (Å²) in [5.41, 5.74) is 3.74. The van der Waals surface area contributed by atoms with Gasteiger partial charge in [0.2, 0.25) is 0 Å². The largest absolute Gasteiger partial charge is 0.461 e. The highest BCUT2D eigenvalue weighted by Gasteiger charge is 2.30. The van der Waals surface area contributed by atoms with Crippen LogP contribution in [0.3, 0.4) is 0 Å². The second-order valence-corrected chi connectivity index (χ2v) is 7.83. The number of piperidine rings is 1. The maximum absolute atomic E-state index is 14.5. The molecule has 0 aliphatic carbocycles. The van der Waals surface area contributed by atoms with E-state index in [9.17, 15) is 9.18 Å². The molecule has 0 bridgehead atoms. The lowest BCUT2D eigenvalue weighted by molar-refractivity contribution is 0.0518. The molecule has 0 spiro atoms. The Labute approximate surface area is 174 Å². The Morgan fingerprint density at radius 3 is 2.62 bits per heavy atom. The molecule has 152 valence electrons. The Morgan fingerprint density at radius 1 is 1.17 bits per heavy atom. The molecule has 1 aliphatic heterocycles. The van der Waals surface area contributed by atoms with Gasteiger partial charge in [-0.25, -0.2) is 9.18 Å². The molecule has 0 saturated carbocycles. The number of rotatable bonds is 4. The van der Waals surface area contributed by atoms with Crippen LogP contribution in [0.1, 0.15) is 42.2 Å². The fourth-order valence-corrected chi connectivity index (χ4v) is 4.28. The van der Waals surface area contributed by atoms with Gasteiger partial charge in [0, 0.05) is 24.2 Å². The van der Waals surface area contributed by atoms with Crippen molar-refractivity contribution in [3.05, 3.63) is 58.5 Å². The summed E-state index contributed by atoms with van der Waals surface area (Å²) in [6.07, 6.45) is 3.23. The summed E-state index contributed by atoms with van der Waals surface area (Å²) < 4.78 is 21.8. The molecule has 4 nitrogen and oxygen atoms in total. The Morgan fingerprint density at radius 2 is 1.93 bits per heavy atom. The number of fused-ring (bicyclic) bond motifs is 1. The highest BCUT2D eigenvalue weighted by atomic mass is 35.5. The van der Waals surface area contributed by atoms with E-state index in [0.29, 0.717) is 16.6 Å². The Kier molecular flexibility index (Phi) is 5.50. The summed E-state index contributed by atoms with van der Waals surface area (Å²) in [6, 6.07) is 10.9. The third-order valence-corrected chi connectivity index (χ3v) is 5.67. The lowest BCUT2D eigenvalue weighted by Gasteiger charge is -2.29. The van der Waals surface area contributed by atoms with Crippen LogP contribution in [0.15, 0.2) is 36.4 Å². The lowest BCUT2D eigenvalue weighted by Crippen LogP contribution is -2.31. The van der Waals surface area contributed by atoms with Gasteiger partial charge in [0.15, 0.2) is 5.69 Å². The van der Waals surface area contributed by atoms with Crippen LogP contribution < -0.4 is 4.90 Å². The number of aryl methyl sites for hydroxylation is 1. The second kappa shape index (κ2) is 8.07. The van der Waals surface area contributed by atoms with E-state index in [4.69, 9.17) is 16.3 Å². The fraction of sp³-hybridized carbons (Fsp3) is 0.348. The van der Waals surface area contributed by atoms with Crippen molar-refractivity contribution in [2.75, 3.05) is 24.6 Å². The van der Waals surface area contributed by atoms with Crippen molar-refractivity contribution >= 4 is 34.2 Å². The van der Waals surface area contributed by atoms with E-state index in [-0.39, 0.29) is 11.6 Å². The molecule has 0 N–H and O–H groups in total. The maximum Gasteiger partial charge on any atom is 0.357 e. The van der Waals surface area contributed by atoms with Gasteiger partial charge in [-0.05, 0) is 62.9 Å². The molecule has 2 aromatic carbocycles. The van der Waals surface area contributed by atoms with Gasteiger partial charge in [-0.15, -0.1) is 0 Å². The van der Waals surface area contributed by atoms with E-state index in [1.807, 2.05) is 35.8 Å². The van der Waals surface area contributed by atoms with Gasteiger partial charge in [0.25, 0.3) is 0 Å². The Balaban J connectivity index is 2.09. The molecule has 0 atom stereocenters. The summed E-state index contributed by atoms with van der Waals surface area (Å²) in [6.45, 7) is 5.70. The number of hydrogen-bond donors (Lipinski definition) is 0. The number of carbonyl (C=O) groups is 1. The molecule has 1 saturated heterocycles. The van der Waals surface area contributed by atoms with E-state index in [0.717, 1.165) is 49.3 Å². The maximum atomic E-state index is 14.5. The number of ether oxygens (including phenoxy) is 1. The van der Waals surface area contributed by atoms with Gasteiger partial charge in [0.1, 0.15) is 5.82 Å². The highest BCUT2D eigenvalue weighted by Crippen LogP contribution is 2.40. The van der Waals surface area contributed by atoms with Crippen LogP contribution in [0.2, 0.25) is 5.02 Å². The summed E-state index contributed by atoms with van der Waals surface area (Å²) in [4.78, 5) is 15.3. The van der Waals surface area contributed by atoms with Gasteiger partial charge in [-0.2, -0.15) is 0 Å². The molecule has 6 heteroatoms. The minimum Gasteiger partial charge on any atom is -0.461 e. The van der Waals surface area contributed by atoms with Crippen molar-refractivity contribution in [1.82, 2.24) is 4.57 Å². The highest BCUT2D eigenvalue weighted by molar-refractivity contribution is 6.31. The third-order valence-electron chi connectivity index (χ3n) is 5.38. The number of nitrogens with zero attached hydrogens (tertiary/aromatic N) is 2. The van der Waals surface area contributed by atoms with Gasteiger partial charge < -0.3 is 14.2 Å². The fourth-order valence-electron chi connectivity index (χ4n) is 4.13. The number of anilines is 1. The minimum atomic E-state index is -0.491. The number of esters is 1. The lowest BCUT2D eigenvalue weighted by atomic mass is 10.1. The van der Waals surface area contributed by atoms with Crippen molar-refractivity contribution in [3.8, 4) is 5.69 Å². The molecule has 3 aromatic rings. The zero-order valence-corrected chi connectivity index (χ0v) is 17.4. The predicted molar refractivity (Wildman–Crippen MR) is 115 cm³/mol. The molecule has 29 heavy (non-hydrogen) atoms. The molecular weight excluding hydrogens is 391 g/mol. The van der Waals surface area contributed by atoms with Crippen LogP contribution in [-0.2, 0) is 4.74 Å². The zero-order valence-electron chi connectivity index (χ0n) is 16.7. The molecule has 4 rings (SSSR count). The van der Waals surface area contributed by atoms with Crippen molar-refractivity contribution in [2.24, 2.45) is 0 Å².